The van der Waals surface area contributed by atoms with Crippen molar-refractivity contribution in [2.24, 2.45) is 11.8 Å². The Hall–Kier alpha value is 0.173. The van der Waals surface area contributed by atoms with E-state index in [1.165, 1.54) is 95.2 Å². The first-order chi connectivity index (χ1) is 16.2. The SMILES string of the molecule is CCCCCCCCCCCCCCCCCC(=O)O.CCSC(=O)N(CC(C)C)CC(C)C.[Zr]. The normalized spacial score (nSPS) is 10.6. The molecular weight excluding hydrogens is 534 g/mol. The van der Waals surface area contributed by atoms with Crippen molar-refractivity contribution in [2.45, 2.75) is 144 Å². The number of carbonyl (C=O) groups excluding carboxylic acids is 1. The first kappa shape index (κ1) is 39.7. The van der Waals surface area contributed by atoms with Crippen molar-refractivity contribution in [2.75, 3.05) is 18.8 Å². The number of rotatable bonds is 21. The molecule has 0 bridgehead atoms. The number of thioether (sulfide) groups is 1. The minimum absolute atomic E-state index is 0. The first-order valence-corrected chi connectivity index (χ1v) is 15.4. The second kappa shape index (κ2) is 30.4. The summed E-state index contributed by atoms with van der Waals surface area (Å²) in [4.78, 5) is 24.0. The Morgan fingerprint density at radius 1 is 0.657 bits per heavy atom. The fourth-order valence-corrected chi connectivity index (χ4v) is 4.55. The Morgan fingerprint density at radius 2 is 1.00 bits per heavy atom. The summed E-state index contributed by atoms with van der Waals surface area (Å²) in [5.41, 5.74) is 0. The molecule has 0 unspecified atom stereocenters. The van der Waals surface area contributed by atoms with Crippen molar-refractivity contribution in [1.82, 2.24) is 4.90 Å². The zero-order valence-electron chi connectivity index (χ0n) is 24.2. The molecule has 0 aliphatic rings. The van der Waals surface area contributed by atoms with Crippen LogP contribution in [0, 0.1) is 11.8 Å². The molecule has 6 heteroatoms. The maximum absolute atomic E-state index is 11.7. The summed E-state index contributed by atoms with van der Waals surface area (Å²) in [6.45, 7) is 14.6. The van der Waals surface area contributed by atoms with E-state index in [0.717, 1.165) is 31.7 Å². The van der Waals surface area contributed by atoms with Gasteiger partial charge in [-0.1, -0.05) is 143 Å². The standard InChI is InChI=1S/C18H36O2.C11H23NOS.Zr/c1-2-3-4-5-6-7-8-9-10-11-12-13-14-15-16-17-18(19)20;1-6-14-11(13)12(7-9(2)3)8-10(4)5;/h2-17H2,1H3,(H,19,20);9-10H,6-8H2,1-5H3;. The molecule has 1 N–H and O–H groups in total. The first-order valence-electron chi connectivity index (χ1n) is 14.4. The van der Waals surface area contributed by atoms with Crippen LogP contribution in [-0.4, -0.2) is 40.1 Å². The zero-order chi connectivity index (χ0) is 26.0. The molecule has 208 valence electrons. The molecule has 0 aliphatic carbocycles. The Labute approximate surface area is 242 Å². The zero-order valence-corrected chi connectivity index (χ0v) is 27.5. The number of hydrogen-bond acceptors (Lipinski definition) is 3. The minimum atomic E-state index is -0.653. The van der Waals surface area contributed by atoms with Crippen LogP contribution < -0.4 is 0 Å². The van der Waals surface area contributed by atoms with Gasteiger partial charge in [0, 0.05) is 45.7 Å². The quantitative estimate of drug-likeness (QED) is 0.135. The van der Waals surface area contributed by atoms with Crippen LogP contribution in [0.3, 0.4) is 0 Å². The van der Waals surface area contributed by atoms with Gasteiger partial charge in [-0.05, 0) is 24.0 Å². The second-order valence-electron chi connectivity index (χ2n) is 10.5. The van der Waals surface area contributed by atoms with E-state index in [1.807, 2.05) is 11.8 Å². The van der Waals surface area contributed by atoms with Crippen molar-refractivity contribution in [3.8, 4) is 0 Å². The Bertz CT molecular complexity index is 451. The van der Waals surface area contributed by atoms with Crippen LogP contribution in [0.25, 0.3) is 0 Å². The molecule has 0 atom stereocenters. The number of carboxylic acids is 1. The van der Waals surface area contributed by atoms with E-state index < -0.39 is 5.97 Å². The number of unbranched alkanes of at least 4 members (excludes halogenated alkanes) is 14. The fourth-order valence-electron chi connectivity index (χ4n) is 3.97. The number of amides is 1. The van der Waals surface area contributed by atoms with Crippen LogP contribution in [0.5, 0.6) is 0 Å². The molecule has 0 aliphatic heterocycles. The van der Waals surface area contributed by atoms with Gasteiger partial charge in [0.05, 0.1) is 0 Å². The van der Waals surface area contributed by atoms with Crippen molar-refractivity contribution >= 4 is 23.0 Å². The van der Waals surface area contributed by atoms with Crippen LogP contribution in [0.2, 0.25) is 0 Å². The minimum Gasteiger partial charge on any atom is -0.481 e. The van der Waals surface area contributed by atoms with Gasteiger partial charge in [-0.3, -0.25) is 9.59 Å². The molecular formula is C29H59NO3SZr. The number of carboxylic acid groups (broad SMARTS) is 1. The van der Waals surface area contributed by atoms with Crippen LogP contribution in [-0.2, 0) is 31.0 Å². The Morgan fingerprint density at radius 3 is 1.29 bits per heavy atom. The predicted octanol–water partition coefficient (Wildman–Crippen LogP) is 9.80. The van der Waals surface area contributed by atoms with Gasteiger partial charge in [0.1, 0.15) is 0 Å². The maximum Gasteiger partial charge on any atom is 0.303 e. The predicted molar refractivity (Wildman–Crippen MR) is 152 cm³/mol. The third kappa shape index (κ3) is 34.2. The van der Waals surface area contributed by atoms with Gasteiger partial charge in [0.15, 0.2) is 0 Å². The molecule has 0 saturated carbocycles. The van der Waals surface area contributed by atoms with Crippen molar-refractivity contribution in [3.05, 3.63) is 0 Å². The molecule has 35 heavy (non-hydrogen) atoms. The molecule has 4 nitrogen and oxygen atoms in total. The molecule has 0 rings (SSSR count). The van der Waals surface area contributed by atoms with E-state index in [4.69, 9.17) is 5.11 Å². The monoisotopic (exact) mass is 591 g/mol. The molecule has 0 fully saturated rings. The second-order valence-corrected chi connectivity index (χ2v) is 11.7. The third-order valence-corrected chi connectivity index (χ3v) is 6.49. The Balaban J connectivity index is -0.000000603. The van der Waals surface area contributed by atoms with Crippen LogP contribution in [0.4, 0.5) is 4.79 Å². The summed E-state index contributed by atoms with van der Waals surface area (Å²) >= 11 is 1.41. The average Bonchev–Trinajstić information content (AvgIpc) is 2.76. The number of aliphatic carboxylic acids is 1. The van der Waals surface area contributed by atoms with E-state index in [-0.39, 0.29) is 31.4 Å². The van der Waals surface area contributed by atoms with Gasteiger partial charge < -0.3 is 10.0 Å². The molecule has 0 aromatic heterocycles. The van der Waals surface area contributed by atoms with Crippen molar-refractivity contribution in [1.29, 1.82) is 0 Å². The van der Waals surface area contributed by atoms with Gasteiger partial charge >= 0.3 is 5.97 Å². The molecule has 0 radical (unpaired) electrons. The molecule has 0 saturated heterocycles. The fraction of sp³-hybridized carbons (Fsp3) is 0.931. The molecule has 0 spiro atoms. The number of hydrogen-bond donors (Lipinski definition) is 1. The summed E-state index contributed by atoms with van der Waals surface area (Å²) in [7, 11) is 0. The van der Waals surface area contributed by atoms with Gasteiger partial charge in [0.25, 0.3) is 5.24 Å². The van der Waals surface area contributed by atoms with Crippen molar-refractivity contribution in [3.63, 3.8) is 0 Å². The van der Waals surface area contributed by atoms with Gasteiger partial charge in [-0.25, -0.2) is 0 Å². The maximum atomic E-state index is 11.7. The van der Waals surface area contributed by atoms with Gasteiger partial charge in [-0.2, -0.15) is 0 Å². The van der Waals surface area contributed by atoms with Crippen LogP contribution >= 0.6 is 11.8 Å². The number of nitrogens with zero attached hydrogens (tertiary/aromatic N) is 1. The van der Waals surface area contributed by atoms with Gasteiger partial charge in [-0.15, -0.1) is 0 Å². The van der Waals surface area contributed by atoms with Crippen LogP contribution in [0.15, 0.2) is 0 Å². The average molecular weight is 593 g/mol. The topological polar surface area (TPSA) is 57.6 Å². The molecule has 1 amide bonds. The van der Waals surface area contributed by atoms with E-state index in [1.54, 1.807) is 0 Å². The van der Waals surface area contributed by atoms with Crippen molar-refractivity contribution < 1.29 is 40.9 Å². The summed E-state index contributed by atoms with van der Waals surface area (Å²) in [5.74, 6) is 1.32. The summed E-state index contributed by atoms with van der Waals surface area (Å²) in [6.07, 6.45) is 20.2. The third-order valence-electron chi connectivity index (χ3n) is 5.69. The molecule has 0 heterocycles. The molecule has 0 aromatic carbocycles. The Kier molecular flexibility index (Phi) is 34.5. The van der Waals surface area contributed by atoms with E-state index in [2.05, 4.69) is 34.6 Å². The summed E-state index contributed by atoms with van der Waals surface area (Å²) < 4.78 is 0. The largest absolute Gasteiger partial charge is 0.481 e. The van der Waals surface area contributed by atoms with Gasteiger partial charge in [0.2, 0.25) is 0 Å². The number of carbonyl (C=O) groups is 2. The summed E-state index contributed by atoms with van der Waals surface area (Å²) in [6, 6.07) is 0. The smallest absolute Gasteiger partial charge is 0.303 e. The van der Waals surface area contributed by atoms with Crippen LogP contribution in [0.1, 0.15) is 144 Å². The van der Waals surface area contributed by atoms with E-state index >= 15 is 0 Å². The van der Waals surface area contributed by atoms with E-state index in [0.29, 0.717) is 18.3 Å². The molecule has 0 aromatic rings. The van der Waals surface area contributed by atoms with E-state index in [9.17, 15) is 9.59 Å². The summed E-state index contributed by atoms with van der Waals surface area (Å²) in [5, 5.41) is 8.75.